The fourth-order valence-corrected chi connectivity index (χ4v) is 1.94. The molecule has 1 heterocycles. The van der Waals surface area contributed by atoms with Crippen LogP contribution in [0.1, 0.15) is 40.5 Å². The van der Waals surface area contributed by atoms with E-state index < -0.39 is 5.79 Å². The lowest BCUT2D eigenvalue weighted by atomic mass is 9.90. The highest BCUT2D eigenvalue weighted by Crippen LogP contribution is 2.37. The van der Waals surface area contributed by atoms with Crippen LogP contribution < -0.4 is 0 Å². The van der Waals surface area contributed by atoms with Gasteiger partial charge in [-0.05, 0) is 26.7 Å². The molecule has 0 aromatic carbocycles. The summed E-state index contributed by atoms with van der Waals surface area (Å²) in [5, 5.41) is 0. The quantitative estimate of drug-likeness (QED) is 0.652. The number of carbonyl (C=O) groups excluding carboxylic acids is 1. The summed E-state index contributed by atoms with van der Waals surface area (Å²) in [4.78, 5) is 10.6. The Morgan fingerprint density at radius 2 is 2.14 bits per heavy atom. The predicted octanol–water partition coefficient (Wildman–Crippen LogP) is 2.14. The minimum Gasteiger partial charge on any atom is -0.347 e. The molecule has 0 N–H and O–H groups in total. The van der Waals surface area contributed by atoms with Crippen LogP contribution in [0.2, 0.25) is 0 Å². The molecule has 2 atom stereocenters. The Balaban J connectivity index is 2.65. The minimum absolute atomic E-state index is 0.0347. The second kappa shape index (κ2) is 3.99. The fourth-order valence-electron chi connectivity index (χ4n) is 1.94. The normalized spacial score (nSPS) is 32.9. The van der Waals surface area contributed by atoms with Crippen molar-refractivity contribution in [2.75, 3.05) is 6.61 Å². The second-order valence-electron chi connectivity index (χ2n) is 4.64. The monoisotopic (exact) mass is 200 g/mol. The Morgan fingerprint density at radius 1 is 1.50 bits per heavy atom. The summed E-state index contributed by atoms with van der Waals surface area (Å²) >= 11 is 0. The predicted molar refractivity (Wildman–Crippen MR) is 54.0 cm³/mol. The molecule has 82 valence electrons. The lowest BCUT2D eigenvalue weighted by Crippen LogP contribution is -2.35. The van der Waals surface area contributed by atoms with Crippen LogP contribution in [-0.2, 0) is 14.3 Å². The average molecular weight is 200 g/mol. The van der Waals surface area contributed by atoms with Gasteiger partial charge in [-0.2, -0.15) is 0 Å². The summed E-state index contributed by atoms with van der Waals surface area (Å²) in [6, 6.07) is 0. The first kappa shape index (κ1) is 11.7. The van der Waals surface area contributed by atoms with Crippen LogP contribution in [0.4, 0.5) is 0 Å². The number of hydrogen-bond donors (Lipinski definition) is 0. The summed E-state index contributed by atoms with van der Waals surface area (Å²) < 4.78 is 11.4. The van der Waals surface area contributed by atoms with Gasteiger partial charge >= 0.3 is 0 Å². The molecule has 1 aliphatic rings. The van der Waals surface area contributed by atoms with Crippen molar-refractivity contribution in [2.24, 2.45) is 5.92 Å². The van der Waals surface area contributed by atoms with E-state index in [4.69, 9.17) is 9.47 Å². The molecule has 0 aromatic heterocycles. The molecule has 0 amide bonds. The van der Waals surface area contributed by atoms with Gasteiger partial charge in [0, 0.05) is 5.92 Å². The highest BCUT2D eigenvalue weighted by molar-refractivity contribution is 5.52. The molecule has 0 bridgehead atoms. The molecule has 0 aliphatic carbocycles. The number of aldehydes is 1. The van der Waals surface area contributed by atoms with E-state index >= 15 is 0 Å². The van der Waals surface area contributed by atoms with Gasteiger partial charge < -0.3 is 14.3 Å². The number of hydrogen-bond acceptors (Lipinski definition) is 3. The van der Waals surface area contributed by atoms with Crippen LogP contribution in [-0.4, -0.2) is 24.3 Å². The Bertz CT molecular complexity index is 213. The molecule has 0 spiro atoms. The molecule has 3 heteroatoms. The van der Waals surface area contributed by atoms with Crippen LogP contribution >= 0.6 is 0 Å². The van der Waals surface area contributed by atoms with Gasteiger partial charge in [-0.1, -0.05) is 13.8 Å². The summed E-state index contributed by atoms with van der Waals surface area (Å²) in [6.45, 7) is 8.40. The van der Waals surface area contributed by atoms with Crippen molar-refractivity contribution in [2.45, 2.75) is 51.9 Å². The fraction of sp³-hybridized carbons (Fsp3) is 0.909. The number of ether oxygens (including phenoxy) is 2. The molecular weight excluding hydrogens is 180 g/mol. The number of rotatable bonds is 4. The first-order valence-corrected chi connectivity index (χ1v) is 5.22. The average Bonchev–Trinajstić information content (AvgIpc) is 2.42. The summed E-state index contributed by atoms with van der Waals surface area (Å²) in [6.07, 6.45) is 2.61. The largest absolute Gasteiger partial charge is 0.347 e. The van der Waals surface area contributed by atoms with E-state index in [-0.39, 0.29) is 11.5 Å². The lowest BCUT2D eigenvalue weighted by Gasteiger charge is -2.29. The molecule has 1 fully saturated rings. The van der Waals surface area contributed by atoms with Crippen molar-refractivity contribution in [1.29, 1.82) is 0 Å². The topological polar surface area (TPSA) is 35.5 Å². The smallest absolute Gasteiger partial charge is 0.163 e. The maximum Gasteiger partial charge on any atom is 0.163 e. The van der Waals surface area contributed by atoms with Gasteiger partial charge in [0.1, 0.15) is 6.29 Å². The Morgan fingerprint density at radius 3 is 2.50 bits per heavy atom. The first-order chi connectivity index (χ1) is 6.43. The molecule has 0 unspecified atom stereocenters. The minimum atomic E-state index is -0.501. The molecule has 1 aliphatic heterocycles. The van der Waals surface area contributed by atoms with Crippen LogP contribution in [0.3, 0.4) is 0 Å². The third-order valence-electron chi connectivity index (χ3n) is 2.72. The van der Waals surface area contributed by atoms with Crippen molar-refractivity contribution in [3.63, 3.8) is 0 Å². The first-order valence-electron chi connectivity index (χ1n) is 5.22. The standard InChI is InChI=1S/C11H20O3/c1-5-11(6-9(2)7-12)8-13-10(3,4)14-11/h7,9H,5-6,8H2,1-4H3/t9-,11-/m1/s1. The van der Waals surface area contributed by atoms with Gasteiger partial charge in [0.15, 0.2) is 5.79 Å². The van der Waals surface area contributed by atoms with Gasteiger partial charge in [0.05, 0.1) is 12.2 Å². The van der Waals surface area contributed by atoms with E-state index in [0.29, 0.717) is 6.61 Å². The van der Waals surface area contributed by atoms with E-state index in [9.17, 15) is 4.79 Å². The Kier molecular flexibility index (Phi) is 3.32. The second-order valence-corrected chi connectivity index (χ2v) is 4.64. The summed E-state index contributed by atoms with van der Waals surface area (Å²) in [5.41, 5.74) is -0.260. The van der Waals surface area contributed by atoms with Crippen molar-refractivity contribution in [1.82, 2.24) is 0 Å². The third-order valence-corrected chi connectivity index (χ3v) is 2.72. The maximum absolute atomic E-state index is 10.6. The van der Waals surface area contributed by atoms with Gasteiger partial charge in [-0.15, -0.1) is 0 Å². The molecule has 14 heavy (non-hydrogen) atoms. The molecule has 3 nitrogen and oxygen atoms in total. The maximum atomic E-state index is 10.6. The summed E-state index contributed by atoms with van der Waals surface area (Å²) in [7, 11) is 0. The molecule has 0 radical (unpaired) electrons. The van der Waals surface area contributed by atoms with Gasteiger partial charge in [-0.3, -0.25) is 0 Å². The van der Waals surface area contributed by atoms with Gasteiger partial charge in [0.2, 0.25) is 0 Å². The van der Waals surface area contributed by atoms with E-state index in [2.05, 4.69) is 6.92 Å². The summed E-state index contributed by atoms with van der Waals surface area (Å²) in [5.74, 6) is -0.467. The van der Waals surface area contributed by atoms with E-state index in [0.717, 1.165) is 19.1 Å². The zero-order chi connectivity index (χ0) is 10.8. The molecule has 1 saturated heterocycles. The van der Waals surface area contributed by atoms with E-state index in [1.165, 1.54) is 0 Å². The molecule has 0 aromatic rings. The highest BCUT2D eigenvalue weighted by atomic mass is 16.8. The highest BCUT2D eigenvalue weighted by Gasteiger charge is 2.44. The van der Waals surface area contributed by atoms with Gasteiger partial charge in [-0.25, -0.2) is 0 Å². The zero-order valence-electron chi connectivity index (χ0n) is 9.50. The zero-order valence-corrected chi connectivity index (χ0v) is 9.50. The molecular formula is C11H20O3. The third kappa shape index (κ3) is 2.55. The van der Waals surface area contributed by atoms with Crippen molar-refractivity contribution < 1.29 is 14.3 Å². The lowest BCUT2D eigenvalue weighted by molar-refractivity contribution is -0.165. The van der Waals surface area contributed by atoms with Crippen LogP contribution in [0.25, 0.3) is 0 Å². The Labute approximate surface area is 85.8 Å². The van der Waals surface area contributed by atoms with Crippen LogP contribution in [0.15, 0.2) is 0 Å². The number of carbonyl (C=O) groups is 1. The van der Waals surface area contributed by atoms with Gasteiger partial charge in [0.25, 0.3) is 0 Å². The van der Waals surface area contributed by atoms with Crippen molar-refractivity contribution in [3.05, 3.63) is 0 Å². The van der Waals surface area contributed by atoms with Crippen LogP contribution in [0.5, 0.6) is 0 Å². The van der Waals surface area contributed by atoms with E-state index in [1.54, 1.807) is 0 Å². The van der Waals surface area contributed by atoms with Crippen molar-refractivity contribution >= 4 is 6.29 Å². The molecule has 1 rings (SSSR count). The Hall–Kier alpha value is -0.410. The van der Waals surface area contributed by atoms with E-state index in [1.807, 2.05) is 20.8 Å². The molecule has 0 saturated carbocycles. The van der Waals surface area contributed by atoms with Crippen molar-refractivity contribution in [3.8, 4) is 0 Å². The van der Waals surface area contributed by atoms with Crippen LogP contribution in [0, 0.1) is 5.92 Å². The SMILES string of the molecule is CC[C@@]1(C[C@@H](C)C=O)COC(C)(C)O1.